The van der Waals surface area contributed by atoms with Crippen LogP contribution in [0.5, 0.6) is 0 Å². The zero-order valence-corrected chi connectivity index (χ0v) is 9.33. The zero-order valence-electron chi connectivity index (χ0n) is 8.52. The van der Waals surface area contributed by atoms with Gasteiger partial charge in [0.2, 0.25) is 10.0 Å². The van der Waals surface area contributed by atoms with Crippen molar-refractivity contribution >= 4 is 10.0 Å². The Hall–Kier alpha value is -0.910. The van der Waals surface area contributed by atoms with Gasteiger partial charge in [-0.25, -0.2) is 13.1 Å². The first-order valence-electron chi connectivity index (χ1n) is 4.85. The second kappa shape index (κ2) is 5.85. The molecule has 0 atom stereocenters. The fourth-order valence-corrected chi connectivity index (χ4v) is 2.36. The molecule has 1 aromatic carbocycles. The van der Waals surface area contributed by atoms with Crippen molar-refractivity contribution < 1.29 is 8.42 Å². The second-order valence-electron chi connectivity index (χ2n) is 3.28. The molecule has 0 aliphatic heterocycles. The Bertz CT molecular complexity index is 376. The molecule has 0 radical (unpaired) electrons. The van der Waals surface area contributed by atoms with Crippen LogP contribution in [0, 0.1) is 0 Å². The molecule has 0 heterocycles. The first-order valence-corrected chi connectivity index (χ1v) is 6.50. The predicted octanol–water partition coefficient (Wildman–Crippen LogP) is 0.455. The molecule has 0 spiro atoms. The Morgan fingerprint density at radius 2 is 1.87 bits per heavy atom. The van der Waals surface area contributed by atoms with Crippen LogP contribution in [0.1, 0.15) is 12.0 Å². The van der Waals surface area contributed by atoms with Gasteiger partial charge in [0.15, 0.2) is 0 Å². The van der Waals surface area contributed by atoms with E-state index in [1.54, 1.807) is 12.1 Å². The standard InChI is InChI=1S/C10H16N2O2S/c11-7-4-8-12-15(13,14)9-10-5-2-1-3-6-10/h1-3,5-6,12H,4,7-9,11H2. The Labute approximate surface area is 90.5 Å². The molecule has 3 N–H and O–H groups in total. The van der Waals surface area contributed by atoms with Crippen molar-refractivity contribution in [1.29, 1.82) is 0 Å². The molecule has 0 saturated heterocycles. The maximum Gasteiger partial charge on any atom is 0.215 e. The molecule has 5 heteroatoms. The van der Waals surface area contributed by atoms with Crippen molar-refractivity contribution in [2.75, 3.05) is 13.1 Å². The normalized spacial score (nSPS) is 11.5. The van der Waals surface area contributed by atoms with Crippen LogP contribution in [0.3, 0.4) is 0 Å². The summed E-state index contributed by atoms with van der Waals surface area (Å²) in [5, 5.41) is 0. The quantitative estimate of drug-likeness (QED) is 0.695. The van der Waals surface area contributed by atoms with Crippen LogP contribution in [-0.2, 0) is 15.8 Å². The van der Waals surface area contributed by atoms with E-state index in [0.29, 0.717) is 19.5 Å². The lowest BCUT2D eigenvalue weighted by Gasteiger charge is -2.05. The lowest BCUT2D eigenvalue weighted by Crippen LogP contribution is -2.27. The topological polar surface area (TPSA) is 72.2 Å². The summed E-state index contributed by atoms with van der Waals surface area (Å²) in [6, 6.07) is 9.10. The van der Waals surface area contributed by atoms with Crippen LogP contribution in [-0.4, -0.2) is 21.5 Å². The van der Waals surface area contributed by atoms with Crippen LogP contribution in [0.2, 0.25) is 0 Å². The fraction of sp³-hybridized carbons (Fsp3) is 0.400. The first-order chi connectivity index (χ1) is 7.14. The summed E-state index contributed by atoms with van der Waals surface area (Å²) < 4.78 is 25.5. The second-order valence-corrected chi connectivity index (χ2v) is 5.09. The van der Waals surface area contributed by atoms with Crippen molar-refractivity contribution in [3.8, 4) is 0 Å². The Morgan fingerprint density at radius 1 is 1.20 bits per heavy atom. The van der Waals surface area contributed by atoms with Gasteiger partial charge in [-0.3, -0.25) is 0 Å². The molecule has 15 heavy (non-hydrogen) atoms. The van der Waals surface area contributed by atoms with Gasteiger partial charge in [-0.1, -0.05) is 30.3 Å². The molecule has 1 aromatic rings. The minimum atomic E-state index is -3.21. The van der Waals surface area contributed by atoms with E-state index in [0.717, 1.165) is 5.56 Å². The van der Waals surface area contributed by atoms with Gasteiger partial charge >= 0.3 is 0 Å². The summed E-state index contributed by atoms with van der Waals surface area (Å²) in [6.45, 7) is 0.902. The number of nitrogens with two attached hydrogens (primary N) is 1. The Morgan fingerprint density at radius 3 is 2.47 bits per heavy atom. The summed E-state index contributed by atoms with van der Waals surface area (Å²) in [5.74, 6) is 0.0262. The maximum absolute atomic E-state index is 11.5. The summed E-state index contributed by atoms with van der Waals surface area (Å²) in [5.41, 5.74) is 6.07. The Kier molecular flexibility index (Phi) is 4.74. The van der Waals surface area contributed by atoms with Gasteiger partial charge in [0, 0.05) is 6.54 Å². The van der Waals surface area contributed by atoms with Crippen molar-refractivity contribution in [2.24, 2.45) is 5.73 Å². The highest BCUT2D eigenvalue weighted by molar-refractivity contribution is 7.88. The van der Waals surface area contributed by atoms with E-state index < -0.39 is 10.0 Å². The summed E-state index contributed by atoms with van der Waals surface area (Å²) >= 11 is 0. The van der Waals surface area contributed by atoms with Crippen molar-refractivity contribution in [3.63, 3.8) is 0 Å². The Balaban J connectivity index is 2.50. The van der Waals surface area contributed by atoms with E-state index in [4.69, 9.17) is 5.73 Å². The van der Waals surface area contributed by atoms with E-state index >= 15 is 0 Å². The van der Waals surface area contributed by atoms with Crippen LogP contribution in [0.25, 0.3) is 0 Å². The highest BCUT2D eigenvalue weighted by atomic mass is 32.2. The van der Waals surface area contributed by atoms with E-state index in [2.05, 4.69) is 4.72 Å². The van der Waals surface area contributed by atoms with E-state index in [-0.39, 0.29) is 5.75 Å². The molecule has 0 unspecified atom stereocenters. The van der Waals surface area contributed by atoms with Gasteiger partial charge in [-0.15, -0.1) is 0 Å². The number of sulfonamides is 1. The summed E-state index contributed by atoms with van der Waals surface area (Å²) in [6.07, 6.45) is 0.661. The smallest absolute Gasteiger partial charge is 0.215 e. The van der Waals surface area contributed by atoms with Gasteiger partial charge in [0.1, 0.15) is 0 Å². The number of benzene rings is 1. The lowest BCUT2D eigenvalue weighted by atomic mass is 10.2. The molecule has 0 aliphatic rings. The molecule has 0 amide bonds. The highest BCUT2D eigenvalue weighted by Gasteiger charge is 2.09. The summed E-state index contributed by atoms with van der Waals surface area (Å²) in [4.78, 5) is 0. The molecule has 0 aromatic heterocycles. The number of nitrogens with one attached hydrogen (secondary N) is 1. The number of hydrogen-bond donors (Lipinski definition) is 2. The molecule has 1 rings (SSSR count). The first kappa shape index (κ1) is 12.2. The van der Waals surface area contributed by atoms with Gasteiger partial charge in [0.05, 0.1) is 5.75 Å². The average molecular weight is 228 g/mol. The van der Waals surface area contributed by atoms with Gasteiger partial charge < -0.3 is 5.73 Å². The third-order valence-electron chi connectivity index (χ3n) is 1.90. The fourth-order valence-electron chi connectivity index (χ4n) is 1.17. The van der Waals surface area contributed by atoms with Crippen LogP contribution in [0.15, 0.2) is 30.3 Å². The third kappa shape index (κ3) is 4.92. The highest BCUT2D eigenvalue weighted by Crippen LogP contribution is 2.03. The molecular formula is C10H16N2O2S. The number of rotatable bonds is 6. The molecule has 0 bridgehead atoms. The monoisotopic (exact) mass is 228 g/mol. The lowest BCUT2D eigenvalue weighted by molar-refractivity contribution is 0.578. The predicted molar refractivity (Wildman–Crippen MR) is 60.7 cm³/mol. The molecule has 84 valence electrons. The van der Waals surface area contributed by atoms with Gasteiger partial charge in [-0.2, -0.15) is 0 Å². The van der Waals surface area contributed by atoms with Gasteiger partial charge in [0.25, 0.3) is 0 Å². The van der Waals surface area contributed by atoms with Crippen LogP contribution < -0.4 is 10.5 Å². The zero-order chi connectivity index (χ0) is 11.1. The minimum absolute atomic E-state index is 0.0262. The number of hydrogen-bond acceptors (Lipinski definition) is 3. The molecule has 4 nitrogen and oxygen atoms in total. The van der Waals surface area contributed by atoms with Crippen molar-refractivity contribution in [1.82, 2.24) is 4.72 Å². The van der Waals surface area contributed by atoms with Crippen LogP contribution in [0.4, 0.5) is 0 Å². The summed E-state index contributed by atoms with van der Waals surface area (Å²) in [7, 11) is -3.21. The van der Waals surface area contributed by atoms with E-state index in [1.165, 1.54) is 0 Å². The average Bonchev–Trinajstić information content (AvgIpc) is 2.18. The van der Waals surface area contributed by atoms with Crippen molar-refractivity contribution in [2.45, 2.75) is 12.2 Å². The largest absolute Gasteiger partial charge is 0.330 e. The molecule has 0 fully saturated rings. The third-order valence-corrected chi connectivity index (χ3v) is 3.26. The van der Waals surface area contributed by atoms with E-state index in [1.807, 2.05) is 18.2 Å². The molecule has 0 aliphatic carbocycles. The maximum atomic E-state index is 11.5. The van der Waals surface area contributed by atoms with E-state index in [9.17, 15) is 8.42 Å². The molecule has 0 saturated carbocycles. The SMILES string of the molecule is NCCCNS(=O)(=O)Cc1ccccc1. The van der Waals surface area contributed by atoms with Crippen LogP contribution >= 0.6 is 0 Å². The van der Waals surface area contributed by atoms with Crippen molar-refractivity contribution in [3.05, 3.63) is 35.9 Å². The molecular weight excluding hydrogens is 212 g/mol. The van der Waals surface area contributed by atoms with Gasteiger partial charge in [-0.05, 0) is 18.5 Å². The minimum Gasteiger partial charge on any atom is -0.330 e.